The average molecular weight is 332 g/mol. The highest BCUT2D eigenvalue weighted by Crippen LogP contribution is 2.27. The van der Waals surface area contributed by atoms with Crippen LogP contribution in [0.2, 0.25) is 0 Å². The maximum Gasteiger partial charge on any atom is 0.280 e. The summed E-state index contributed by atoms with van der Waals surface area (Å²) in [6.45, 7) is 0.137. The number of allylic oxidation sites excluding steroid dienone is 1. The summed E-state index contributed by atoms with van der Waals surface area (Å²) in [4.78, 5) is 8.57. The summed E-state index contributed by atoms with van der Waals surface area (Å²) in [7, 11) is 0. The van der Waals surface area contributed by atoms with E-state index in [2.05, 4.69) is 15.3 Å². The predicted molar refractivity (Wildman–Crippen MR) is 88.0 cm³/mol. The van der Waals surface area contributed by atoms with Crippen LogP contribution in [0.1, 0.15) is 18.5 Å². The van der Waals surface area contributed by atoms with E-state index in [1.54, 1.807) is 18.2 Å². The molecule has 0 unspecified atom stereocenters. The number of alkyl halides is 2. The van der Waals surface area contributed by atoms with E-state index in [4.69, 9.17) is 10.5 Å². The molecule has 2 aromatic rings. The first kappa shape index (κ1) is 16.4. The predicted octanol–water partition coefficient (Wildman–Crippen LogP) is 2.62. The smallest absolute Gasteiger partial charge is 0.280 e. The van der Waals surface area contributed by atoms with Crippen molar-refractivity contribution in [3.8, 4) is 0 Å². The molecule has 126 valence electrons. The van der Waals surface area contributed by atoms with Gasteiger partial charge in [0.25, 0.3) is 6.43 Å². The minimum absolute atomic E-state index is 0.0377. The number of aliphatic hydroxyl groups excluding tert-OH is 1. The number of hydrogen-bond acceptors (Lipinski definition) is 5. The molecule has 3 rings (SSSR count). The molecule has 1 aliphatic rings. The summed E-state index contributed by atoms with van der Waals surface area (Å²) in [5.74, 6) is 0.259. The molecular formula is C17H18F2N4O. The zero-order chi connectivity index (χ0) is 17.1. The average Bonchev–Trinajstić information content (AvgIpc) is 2.56. The molecule has 3 N–H and O–H groups in total. The minimum atomic E-state index is -2.89. The van der Waals surface area contributed by atoms with Gasteiger partial charge in [-0.05, 0) is 30.9 Å². The first-order chi connectivity index (χ1) is 11.6. The third kappa shape index (κ3) is 3.41. The summed E-state index contributed by atoms with van der Waals surface area (Å²) in [6, 6.07) is 7.28. The van der Waals surface area contributed by atoms with Crippen LogP contribution >= 0.6 is 0 Å². The van der Waals surface area contributed by atoms with E-state index in [-0.39, 0.29) is 29.8 Å². The largest absolute Gasteiger partial charge is 0.396 e. The Bertz CT molecular complexity index is 772. The lowest BCUT2D eigenvalue weighted by molar-refractivity contribution is 0.133. The molecule has 0 atom stereocenters. The second-order valence-electron chi connectivity index (χ2n) is 5.90. The van der Waals surface area contributed by atoms with Gasteiger partial charge >= 0.3 is 0 Å². The van der Waals surface area contributed by atoms with Crippen molar-refractivity contribution in [3.05, 3.63) is 42.4 Å². The van der Waals surface area contributed by atoms with E-state index in [1.807, 2.05) is 6.07 Å². The van der Waals surface area contributed by atoms with Gasteiger partial charge in [0.2, 0.25) is 0 Å². The monoisotopic (exact) mass is 332 g/mol. The van der Waals surface area contributed by atoms with Crippen LogP contribution in [-0.4, -0.2) is 39.9 Å². The number of halogens is 2. The van der Waals surface area contributed by atoms with Crippen LogP contribution in [-0.2, 0) is 0 Å². The van der Waals surface area contributed by atoms with E-state index in [0.717, 1.165) is 12.8 Å². The van der Waals surface area contributed by atoms with Crippen molar-refractivity contribution in [2.45, 2.75) is 25.3 Å². The van der Waals surface area contributed by atoms with E-state index in [1.165, 1.54) is 12.4 Å². The van der Waals surface area contributed by atoms with E-state index in [0.29, 0.717) is 11.0 Å². The Morgan fingerprint density at radius 2 is 2.04 bits per heavy atom. The summed E-state index contributed by atoms with van der Waals surface area (Å²) in [6.07, 6.45) is 1.50. The topological polar surface area (TPSA) is 81.9 Å². The van der Waals surface area contributed by atoms with E-state index < -0.39 is 12.1 Å². The van der Waals surface area contributed by atoms with E-state index in [9.17, 15) is 8.78 Å². The second kappa shape index (κ2) is 7.00. The second-order valence-corrected chi connectivity index (χ2v) is 5.90. The number of fused-ring (bicyclic) bond motifs is 1. The van der Waals surface area contributed by atoms with Crippen LogP contribution < -0.4 is 5.32 Å². The molecule has 1 aromatic carbocycles. The fourth-order valence-electron chi connectivity index (χ4n) is 2.72. The molecular weight excluding hydrogens is 314 g/mol. The summed E-state index contributed by atoms with van der Waals surface area (Å²) in [5, 5.41) is 19.8. The van der Waals surface area contributed by atoms with Crippen molar-refractivity contribution >= 4 is 22.3 Å². The zero-order valence-corrected chi connectivity index (χ0v) is 12.9. The first-order valence-electron chi connectivity index (χ1n) is 7.74. The quantitative estimate of drug-likeness (QED) is 0.710. The number of para-hydroxylation sites is 2. The molecule has 1 aromatic heterocycles. The summed E-state index contributed by atoms with van der Waals surface area (Å²) < 4.78 is 26.1. The van der Waals surface area contributed by atoms with Gasteiger partial charge in [-0.3, -0.25) is 10.4 Å². The van der Waals surface area contributed by atoms with Crippen LogP contribution in [0.15, 0.2) is 36.7 Å². The highest BCUT2D eigenvalue weighted by Gasteiger charge is 2.28. The van der Waals surface area contributed by atoms with Crippen molar-refractivity contribution < 1.29 is 13.9 Å². The van der Waals surface area contributed by atoms with Crippen molar-refractivity contribution in [2.24, 2.45) is 5.92 Å². The van der Waals surface area contributed by atoms with Crippen LogP contribution in [0.3, 0.4) is 0 Å². The number of nitrogens with zero attached hydrogens (tertiary/aromatic N) is 2. The maximum absolute atomic E-state index is 13.0. The highest BCUT2D eigenvalue weighted by atomic mass is 19.3. The highest BCUT2D eigenvalue weighted by molar-refractivity contribution is 6.23. The number of rotatable bonds is 6. The van der Waals surface area contributed by atoms with Crippen molar-refractivity contribution in [1.29, 1.82) is 5.41 Å². The van der Waals surface area contributed by atoms with Crippen LogP contribution in [0.5, 0.6) is 0 Å². The van der Waals surface area contributed by atoms with Gasteiger partial charge in [-0.15, -0.1) is 0 Å². The Morgan fingerprint density at radius 1 is 1.33 bits per heavy atom. The van der Waals surface area contributed by atoms with Crippen LogP contribution in [0.4, 0.5) is 8.78 Å². The molecule has 5 nitrogen and oxygen atoms in total. The SMILES string of the molecule is N=C(/C(=C\NC1CC(CO)C1)c1cnc2ccccc2n1)C(F)F. The molecule has 1 fully saturated rings. The van der Waals surface area contributed by atoms with Gasteiger partial charge in [0, 0.05) is 24.4 Å². The standard InChI is InChI=1S/C17H18F2N4O/c18-17(19)16(20)12(7-21-11-5-10(6-11)9-24)15-8-22-13-3-1-2-4-14(13)23-15/h1-4,7-8,10-11,17,20-21,24H,5-6,9H2/b12-7-,20-16?. The Hall–Kier alpha value is -2.41. The Labute approximate surface area is 138 Å². The molecule has 0 radical (unpaired) electrons. The zero-order valence-electron chi connectivity index (χ0n) is 12.9. The van der Waals surface area contributed by atoms with Gasteiger partial charge in [0.15, 0.2) is 0 Å². The Balaban J connectivity index is 1.87. The van der Waals surface area contributed by atoms with Crippen molar-refractivity contribution in [3.63, 3.8) is 0 Å². The molecule has 0 aliphatic heterocycles. The van der Waals surface area contributed by atoms with Gasteiger partial charge in [0.05, 0.1) is 22.9 Å². The minimum Gasteiger partial charge on any atom is -0.396 e. The molecule has 0 amide bonds. The molecule has 24 heavy (non-hydrogen) atoms. The Kier molecular flexibility index (Phi) is 4.80. The molecule has 1 heterocycles. The van der Waals surface area contributed by atoms with Crippen molar-refractivity contribution in [1.82, 2.24) is 15.3 Å². The first-order valence-corrected chi connectivity index (χ1v) is 7.74. The van der Waals surface area contributed by atoms with Crippen LogP contribution in [0.25, 0.3) is 16.6 Å². The van der Waals surface area contributed by atoms with Gasteiger partial charge in [-0.25, -0.2) is 13.8 Å². The van der Waals surface area contributed by atoms with Gasteiger partial charge < -0.3 is 10.4 Å². The molecule has 0 bridgehead atoms. The molecule has 0 spiro atoms. The molecule has 0 saturated heterocycles. The van der Waals surface area contributed by atoms with Gasteiger partial charge in [-0.2, -0.15) is 0 Å². The van der Waals surface area contributed by atoms with Crippen LogP contribution in [0, 0.1) is 11.3 Å². The summed E-state index contributed by atoms with van der Waals surface area (Å²) >= 11 is 0. The van der Waals surface area contributed by atoms with Crippen molar-refractivity contribution in [2.75, 3.05) is 6.61 Å². The molecule has 1 saturated carbocycles. The molecule has 1 aliphatic carbocycles. The lowest BCUT2D eigenvalue weighted by atomic mass is 9.81. The number of benzene rings is 1. The van der Waals surface area contributed by atoms with Gasteiger partial charge in [-0.1, -0.05) is 12.1 Å². The van der Waals surface area contributed by atoms with Gasteiger partial charge in [0.1, 0.15) is 5.71 Å². The third-order valence-electron chi connectivity index (χ3n) is 4.19. The fourth-order valence-corrected chi connectivity index (χ4v) is 2.72. The lowest BCUT2D eigenvalue weighted by Gasteiger charge is -2.34. The number of nitrogens with one attached hydrogen (secondary N) is 2. The number of hydrogen-bond donors (Lipinski definition) is 3. The normalized spacial score (nSPS) is 20.9. The lowest BCUT2D eigenvalue weighted by Crippen LogP contribution is -2.40. The fraction of sp³-hybridized carbons (Fsp3) is 0.353. The molecule has 7 heteroatoms. The third-order valence-corrected chi connectivity index (χ3v) is 4.19. The number of aromatic nitrogens is 2. The maximum atomic E-state index is 13.0. The number of aliphatic hydroxyl groups is 1. The Morgan fingerprint density at radius 3 is 2.71 bits per heavy atom. The summed E-state index contributed by atoms with van der Waals surface area (Å²) in [5.41, 5.74) is 0.749. The van der Waals surface area contributed by atoms with E-state index >= 15 is 0 Å².